The fourth-order valence-corrected chi connectivity index (χ4v) is 6.20. The number of nitrogens with zero attached hydrogens (tertiary/aromatic N) is 3. The Morgan fingerprint density at radius 1 is 0.885 bits per heavy atom. The van der Waals surface area contributed by atoms with E-state index >= 15 is 0 Å². The van der Waals surface area contributed by atoms with Gasteiger partial charge in [0.05, 0.1) is 37.2 Å². The van der Waals surface area contributed by atoms with E-state index in [1.807, 2.05) is 41.4 Å². The van der Waals surface area contributed by atoms with Gasteiger partial charge in [0.1, 0.15) is 5.58 Å². The molecule has 2 amide bonds. The molecule has 2 aromatic heterocycles. The number of ether oxygens (including phenoxy) is 2. The number of fused-ring (bicyclic) bond motifs is 1. The number of hydrogen-bond acceptors (Lipinski definition) is 8. The number of rotatable bonds is 14. The summed E-state index contributed by atoms with van der Waals surface area (Å²) in [5.41, 5.74) is 4.31. The maximum Gasteiger partial charge on any atom is 0.291 e. The van der Waals surface area contributed by atoms with Crippen molar-refractivity contribution < 1.29 is 23.5 Å². The lowest BCUT2D eigenvalue weighted by Gasteiger charge is -2.23. The molecule has 0 aliphatic heterocycles. The summed E-state index contributed by atoms with van der Waals surface area (Å²) in [5.74, 6) is 0.00118. The van der Waals surface area contributed by atoms with Crippen LogP contribution in [0.3, 0.4) is 0 Å². The molecular formula is C41H39N5O6. The predicted octanol–water partition coefficient (Wildman–Crippen LogP) is 6.96. The molecule has 52 heavy (non-hydrogen) atoms. The predicted molar refractivity (Wildman–Crippen MR) is 200 cm³/mol. The van der Waals surface area contributed by atoms with Crippen molar-refractivity contribution in [1.29, 1.82) is 0 Å². The lowest BCUT2D eigenvalue weighted by molar-refractivity contribution is 0.0997. The summed E-state index contributed by atoms with van der Waals surface area (Å²) in [6.07, 6.45) is 8.97. The summed E-state index contributed by atoms with van der Waals surface area (Å²) in [4.78, 5) is 46.3. The number of carbonyl (C=O) groups excluding carboxylic acids is 2. The van der Waals surface area contributed by atoms with Crippen molar-refractivity contribution in [2.45, 2.75) is 25.8 Å². The molecule has 1 fully saturated rings. The zero-order chi connectivity index (χ0) is 36.0. The Morgan fingerprint density at radius 3 is 2.42 bits per heavy atom. The van der Waals surface area contributed by atoms with E-state index in [1.165, 1.54) is 44.8 Å². The van der Waals surface area contributed by atoms with Crippen molar-refractivity contribution in [3.63, 3.8) is 0 Å². The molecule has 0 unspecified atom stereocenters. The number of imidazole rings is 1. The summed E-state index contributed by atoms with van der Waals surface area (Å²) in [6.45, 7) is 2.84. The molecule has 264 valence electrons. The fraction of sp³-hybridized carbons (Fsp3) is 0.220. The fourth-order valence-electron chi connectivity index (χ4n) is 6.20. The first-order valence-electron chi connectivity index (χ1n) is 17.2. The molecule has 6 aromatic rings. The number of anilines is 2. The minimum Gasteiger partial charge on any atom is -0.493 e. The van der Waals surface area contributed by atoms with Crippen LogP contribution >= 0.6 is 0 Å². The number of amides is 2. The van der Waals surface area contributed by atoms with E-state index in [4.69, 9.17) is 13.9 Å². The van der Waals surface area contributed by atoms with Gasteiger partial charge in [0.15, 0.2) is 22.7 Å². The van der Waals surface area contributed by atoms with Crippen LogP contribution in [0.15, 0.2) is 119 Å². The molecule has 0 saturated heterocycles. The lowest BCUT2D eigenvalue weighted by Crippen LogP contribution is -2.28. The Labute approximate surface area is 300 Å². The van der Waals surface area contributed by atoms with Crippen LogP contribution in [0.2, 0.25) is 0 Å². The van der Waals surface area contributed by atoms with Gasteiger partial charge in [0.2, 0.25) is 0 Å². The first-order valence-corrected chi connectivity index (χ1v) is 17.2. The zero-order valence-electron chi connectivity index (χ0n) is 29.0. The third-order valence-corrected chi connectivity index (χ3v) is 9.14. The van der Waals surface area contributed by atoms with Gasteiger partial charge in [-0.25, -0.2) is 4.98 Å². The van der Waals surface area contributed by atoms with Crippen LogP contribution in [0, 0.1) is 5.92 Å². The van der Waals surface area contributed by atoms with Crippen molar-refractivity contribution in [2.24, 2.45) is 5.92 Å². The van der Waals surface area contributed by atoms with Crippen LogP contribution in [-0.4, -0.2) is 53.6 Å². The quantitative estimate of drug-likeness (QED) is 0.125. The van der Waals surface area contributed by atoms with Gasteiger partial charge < -0.3 is 29.1 Å². The molecule has 2 heterocycles. The van der Waals surface area contributed by atoms with E-state index in [0.717, 1.165) is 49.3 Å². The second-order valence-electron chi connectivity index (χ2n) is 12.9. The lowest BCUT2D eigenvalue weighted by atomic mass is 10.1. The molecular weight excluding hydrogens is 658 g/mol. The minimum absolute atomic E-state index is 0.131. The van der Waals surface area contributed by atoms with E-state index < -0.39 is 11.8 Å². The van der Waals surface area contributed by atoms with Crippen LogP contribution in [0.5, 0.6) is 11.5 Å². The van der Waals surface area contributed by atoms with E-state index in [9.17, 15) is 14.4 Å². The van der Waals surface area contributed by atoms with Gasteiger partial charge in [-0.15, -0.1) is 0 Å². The number of benzene rings is 4. The molecule has 7 rings (SSSR count). The largest absolute Gasteiger partial charge is 0.493 e. The van der Waals surface area contributed by atoms with E-state index in [2.05, 4.69) is 44.8 Å². The molecule has 0 radical (unpaired) electrons. The van der Waals surface area contributed by atoms with Crippen molar-refractivity contribution in [2.75, 3.05) is 37.9 Å². The first-order chi connectivity index (χ1) is 25.4. The van der Waals surface area contributed by atoms with Crippen molar-refractivity contribution in [1.82, 2.24) is 14.5 Å². The molecule has 4 aromatic carbocycles. The highest BCUT2D eigenvalue weighted by Crippen LogP contribution is 2.34. The third kappa shape index (κ3) is 8.06. The second-order valence-corrected chi connectivity index (χ2v) is 12.9. The SMILES string of the molecule is COc1cc(NC(=O)c2cc(=O)c3ccccc3o2)c(C(=O)Nc2ccc(CCN(Cc3cccc(-n4ccnc4)c3)CC3CC3)cc2)cc1OC. The van der Waals surface area contributed by atoms with Gasteiger partial charge in [-0.1, -0.05) is 36.4 Å². The molecule has 11 nitrogen and oxygen atoms in total. The standard InChI is InChI=1S/C41H39N5O6/c1-50-37-21-33(34(22-38(37)51-2)44-41(49)39-23-35(47)32-8-3-4-9-36(32)52-39)40(48)43-30-14-12-27(13-15-30)16-18-45(24-28-10-11-28)25-29-6-5-7-31(20-29)46-19-17-42-26-46/h3-9,12-15,17,19-23,26,28H,10-11,16,18,24-25H2,1-2H3,(H,43,48)(H,44,49). The Kier molecular flexibility index (Phi) is 10.1. The highest BCUT2D eigenvalue weighted by molar-refractivity contribution is 6.12. The van der Waals surface area contributed by atoms with Gasteiger partial charge >= 0.3 is 0 Å². The Balaban J connectivity index is 1.03. The van der Waals surface area contributed by atoms with Gasteiger partial charge in [-0.05, 0) is 78.8 Å². The van der Waals surface area contributed by atoms with Crippen LogP contribution in [0.1, 0.15) is 44.9 Å². The third-order valence-electron chi connectivity index (χ3n) is 9.14. The smallest absolute Gasteiger partial charge is 0.291 e. The van der Waals surface area contributed by atoms with Crippen LogP contribution in [0.25, 0.3) is 16.7 Å². The highest BCUT2D eigenvalue weighted by Gasteiger charge is 2.25. The number of para-hydroxylation sites is 1. The van der Waals surface area contributed by atoms with E-state index in [0.29, 0.717) is 22.6 Å². The van der Waals surface area contributed by atoms with Crippen LogP contribution in [0.4, 0.5) is 11.4 Å². The van der Waals surface area contributed by atoms with Crippen molar-refractivity contribution in [3.05, 3.63) is 142 Å². The minimum atomic E-state index is -0.699. The summed E-state index contributed by atoms with van der Waals surface area (Å²) >= 11 is 0. The number of aromatic nitrogens is 2. The maximum absolute atomic E-state index is 13.7. The summed E-state index contributed by atoms with van der Waals surface area (Å²) < 4.78 is 18.6. The number of methoxy groups -OCH3 is 2. The van der Waals surface area contributed by atoms with Crippen molar-refractivity contribution >= 4 is 34.2 Å². The molecule has 0 atom stereocenters. The van der Waals surface area contributed by atoms with Crippen LogP contribution < -0.4 is 25.5 Å². The number of hydrogen-bond donors (Lipinski definition) is 2. The Morgan fingerprint density at radius 2 is 1.67 bits per heavy atom. The number of carbonyl (C=O) groups is 2. The Bertz CT molecular complexity index is 2260. The van der Waals surface area contributed by atoms with Gasteiger partial charge in [0, 0.05) is 55.5 Å². The van der Waals surface area contributed by atoms with Gasteiger partial charge in [-0.3, -0.25) is 19.3 Å². The highest BCUT2D eigenvalue weighted by atomic mass is 16.5. The Hall–Kier alpha value is -6.20. The topological polar surface area (TPSA) is 128 Å². The molecule has 1 saturated carbocycles. The normalized spacial score (nSPS) is 12.5. The van der Waals surface area contributed by atoms with E-state index in [1.54, 1.807) is 30.5 Å². The zero-order valence-corrected chi connectivity index (χ0v) is 29.0. The first kappa shape index (κ1) is 34.3. The monoisotopic (exact) mass is 697 g/mol. The average Bonchev–Trinajstić information content (AvgIpc) is 3.81. The number of nitrogens with one attached hydrogen (secondary N) is 2. The molecule has 11 heteroatoms. The second kappa shape index (κ2) is 15.4. The molecule has 0 spiro atoms. The van der Waals surface area contributed by atoms with Gasteiger partial charge in [0.25, 0.3) is 11.8 Å². The molecule has 0 bridgehead atoms. The summed E-state index contributed by atoms with van der Waals surface area (Å²) in [6, 6.07) is 27.1. The van der Waals surface area contributed by atoms with Crippen LogP contribution in [-0.2, 0) is 13.0 Å². The molecule has 1 aliphatic rings. The van der Waals surface area contributed by atoms with Gasteiger partial charge in [-0.2, -0.15) is 0 Å². The molecule has 1 aliphatic carbocycles. The summed E-state index contributed by atoms with van der Waals surface area (Å²) in [7, 11) is 2.92. The van der Waals surface area contributed by atoms with E-state index in [-0.39, 0.29) is 28.0 Å². The average molecular weight is 698 g/mol. The summed E-state index contributed by atoms with van der Waals surface area (Å²) in [5, 5.41) is 6.01. The van der Waals surface area contributed by atoms with Crippen molar-refractivity contribution in [3.8, 4) is 17.2 Å². The maximum atomic E-state index is 13.7. The molecule has 2 N–H and O–H groups in total.